The van der Waals surface area contributed by atoms with Crippen LogP contribution in [0.15, 0.2) is 12.7 Å². The van der Waals surface area contributed by atoms with Crippen molar-refractivity contribution in [3.8, 4) is 0 Å². The summed E-state index contributed by atoms with van der Waals surface area (Å²) >= 11 is 0. The van der Waals surface area contributed by atoms with Crippen LogP contribution < -0.4 is 5.32 Å². The molecular weight excluding hydrogens is 178 g/mol. The van der Waals surface area contributed by atoms with Crippen LogP contribution in [0.5, 0.6) is 0 Å². The van der Waals surface area contributed by atoms with Crippen molar-refractivity contribution in [2.24, 2.45) is 0 Å². The third-order valence-corrected chi connectivity index (χ3v) is 3.15. The molecule has 1 aliphatic heterocycles. The SMILES string of the molecule is C=C[CH]S(=O)(=O)C1CNCCO1. The molecular formula is C7H12NO3S. The second-order valence-corrected chi connectivity index (χ2v) is 4.44. The van der Waals surface area contributed by atoms with E-state index in [0.29, 0.717) is 19.7 Å². The van der Waals surface area contributed by atoms with Gasteiger partial charge in [-0.15, -0.1) is 6.58 Å². The van der Waals surface area contributed by atoms with Crippen LogP contribution in [0.1, 0.15) is 0 Å². The summed E-state index contributed by atoms with van der Waals surface area (Å²) < 4.78 is 27.7. The molecule has 1 radical (unpaired) electrons. The molecule has 0 spiro atoms. The zero-order chi connectivity index (χ0) is 9.03. The summed E-state index contributed by atoms with van der Waals surface area (Å²) in [6.07, 6.45) is 1.26. The Hall–Kier alpha value is -0.390. The maximum Gasteiger partial charge on any atom is 0.186 e. The first-order chi connectivity index (χ1) is 5.67. The van der Waals surface area contributed by atoms with E-state index in [1.165, 1.54) is 6.08 Å². The van der Waals surface area contributed by atoms with E-state index >= 15 is 0 Å². The van der Waals surface area contributed by atoms with Crippen molar-refractivity contribution < 1.29 is 13.2 Å². The third kappa shape index (κ3) is 2.30. The Bertz CT molecular complexity index is 241. The monoisotopic (exact) mass is 190 g/mol. The van der Waals surface area contributed by atoms with Gasteiger partial charge >= 0.3 is 0 Å². The number of hydrogen-bond acceptors (Lipinski definition) is 4. The van der Waals surface area contributed by atoms with Crippen LogP contribution in [0.2, 0.25) is 0 Å². The van der Waals surface area contributed by atoms with Gasteiger partial charge in [-0.05, 0) is 0 Å². The Kier molecular flexibility index (Phi) is 3.25. The minimum atomic E-state index is -3.26. The predicted molar refractivity (Wildman–Crippen MR) is 46.0 cm³/mol. The molecule has 4 nitrogen and oxygen atoms in total. The van der Waals surface area contributed by atoms with Crippen LogP contribution in [0.4, 0.5) is 0 Å². The van der Waals surface area contributed by atoms with Crippen LogP contribution >= 0.6 is 0 Å². The number of rotatable bonds is 3. The second kappa shape index (κ2) is 4.02. The quantitative estimate of drug-likeness (QED) is 0.663. The van der Waals surface area contributed by atoms with E-state index < -0.39 is 15.3 Å². The Labute approximate surface area is 72.5 Å². The molecule has 1 saturated heterocycles. The van der Waals surface area contributed by atoms with Gasteiger partial charge < -0.3 is 10.1 Å². The Balaban J connectivity index is 2.60. The van der Waals surface area contributed by atoms with Gasteiger partial charge in [0.15, 0.2) is 15.3 Å². The maximum atomic E-state index is 11.3. The molecule has 0 bridgehead atoms. The summed E-state index contributed by atoms with van der Waals surface area (Å²) in [6.45, 7) is 4.83. The van der Waals surface area contributed by atoms with E-state index in [-0.39, 0.29) is 0 Å². The molecule has 1 rings (SSSR count). The summed E-state index contributed by atoms with van der Waals surface area (Å²) in [6, 6.07) is 0. The molecule has 1 unspecified atom stereocenters. The first-order valence-corrected chi connectivity index (χ1v) is 5.30. The fraction of sp³-hybridized carbons (Fsp3) is 0.571. The number of ether oxygens (including phenoxy) is 1. The summed E-state index contributed by atoms with van der Waals surface area (Å²) in [5.74, 6) is 1.07. The third-order valence-electron chi connectivity index (χ3n) is 1.55. The molecule has 0 aromatic rings. The van der Waals surface area contributed by atoms with Crippen molar-refractivity contribution in [3.63, 3.8) is 0 Å². The summed E-state index contributed by atoms with van der Waals surface area (Å²) in [4.78, 5) is 0. The van der Waals surface area contributed by atoms with E-state index in [4.69, 9.17) is 4.74 Å². The fourth-order valence-electron chi connectivity index (χ4n) is 0.974. The first-order valence-electron chi connectivity index (χ1n) is 3.69. The molecule has 1 aliphatic rings. The topological polar surface area (TPSA) is 55.4 Å². The average molecular weight is 190 g/mol. The normalized spacial score (nSPS) is 25.2. The Morgan fingerprint density at radius 1 is 1.58 bits per heavy atom. The van der Waals surface area contributed by atoms with Gasteiger partial charge in [0.2, 0.25) is 0 Å². The van der Waals surface area contributed by atoms with Gasteiger partial charge in [-0.1, -0.05) is 6.08 Å². The minimum absolute atomic E-state index is 0.354. The van der Waals surface area contributed by atoms with E-state index in [0.717, 1.165) is 5.75 Å². The van der Waals surface area contributed by atoms with Crippen molar-refractivity contribution in [1.29, 1.82) is 0 Å². The maximum absolute atomic E-state index is 11.3. The van der Waals surface area contributed by atoms with Crippen molar-refractivity contribution in [3.05, 3.63) is 18.4 Å². The lowest BCUT2D eigenvalue weighted by molar-refractivity contribution is 0.0791. The molecule has 0 aliphatic carbocycles. The molecule has 0 aromatic carbocycles. The highest BCUT2D eigenvalue weighted by Crippen LogP contribution is 2.09. The van der Waals surface area contributed by atoms with Crippen molar-refractivity contribution in [1.82, 2.24) is 5.32 Å². The van der Waals surface area contributed by atoms with Gasteiger partial charge in [-0.2, -0.15) is 0 Å². The van der Waals surface area contributed by atoms with Crippen molar-refractivity contribution >= 4 is 9.84 Å². The van der Waals surface area contributed by atoms with Gasteiger partial charge in [0.1, 0.15) is 5.75 Å². The fourth-order valence-corrected chi connectivity index (χ4v) is 2.05. The molecule has 0 aromatic heterocycles. The highest BCUT2D eigenvalue weighted by molar-refractivity contribution is 7.94. The molecule has 69 valence electrons. The van der Waals surface area contributed by atoms with Crippen LogP contribution in [0.25, 0.3) is 0 Å². The lowest BCUT2D eigenvalue weighted by Gasteiger charge is -2.22. The number of hydrogen-bond donors (Lipinski definition) is 1. The van der Waals surface area contributed by atoms with Gasteiger partial charge in [0, 0.05) is 13.1 Å². The second-order valence-electron chi connectivity index (χ2n) is 2.47. The molecule has 0 amide bonds. The summed E-state index contributed by atoms with van der Waals surface area (Å²) in [7, 11) is -3.26. The minimum Gasteiger partial charge on any atom is -0.360 e. The molecule has 5 heteroatoms. The molecule has 1 atom stereocenters. The van der Waals surface area contributed by atoms with Gasteiger partial charge in [0.05, 0.1) is 6.61 Å². The average Bonchev–Trinajstić information content (AvgIpc) is 2.06. The standard InChI is InChI=1S/C7H12NO3S/c1-2-5-12(9,10)7-6-8-3-4-11-7/h2,5,7-8H,1,3-4,6H2. The molecule has 1 N–H and O–H groups in total. The predicted octanol–water partition coefficient (Wildman–Crippen LogP) is -0.305. The lowest BCUT2D eigenvalue weighted by Crippen LogP contribution is -2.42. The smallest absolute Gasteiger partial charge is 0.186 e. The Morgan fingerprint density at radius 3 is 2.83 bits per heavy atom. The largest absolute Gasteiger partial charge is 0.360 e. The van der Waals surface area contributed by atoms with Crippen molar-refractivity contribution in [2.45, 2.75) is 5.44 Å². The summed E-state index contributed by atoms with van der Waals surface area (Å²) in [5, 5.41) is 2.94. The van der Waals surface area contributed by atoms with E-state index in [1.807, 2.05) is 0 Å². The van der Waals surface area contributed by atoms with Crippen LogP contribution in [-0.2, 0) is 14.6 Å². The van der Waals surface area contributed by atoms with Crippen LogP contribution in [-0.4, -0.2) is 33.6 Å². The van der Waals surface area contributed by atoms with Crippen molar-refractivity contribution in [2.75, 3.05) is 19.7 Å². The first kappa shape index (κ1) is 9.70. The lowest BCUT2D eigenvalue weighted by atomic mass is 10.5. The van der Waals surface area contributed by atoms with Gasteiger partial charge in [-0.25, -0.2) is 8.42 Å². The molecule has 0 saturated carbocycles. The van der Waals surface area contributed by atoms with E-state index in [9.17, 15) is 8.42 Å². The van der Waals surface area contributed by atoms with Gasteiger partial charge in [-0.3, -0.25) is 0 Å². The highest BCUT2D eigenvalue weighted by Gasteiger charge is 2.26. The number of morpholine rings is 1. The van der Waals surface area contributed by atoms with E-state index in [1.54, 1.807) is 0 Å². The molecule has 1 fully saturated rings. The molecule has 1 heterocycles. The highest BCUT2D eigenvalue weighted by atomic mass is 32.2. The summed E-state index contributed by atoms with van der Waals surface area (Å²) in [5.41, 5.74) is -0.746. The molecule has 12 heavy (non-hydrogen) atoms. The zero-order valence-electron chi connectivity index (χ0n) is 6.69. The zero-order valence-corrected chi connectivity index (χ0v) is 7.51. The van der Waals surface area contributed by atoms with E-state index in [2.05, 4.69) is 11.9 Å². The van der Waals surface area contributed by atoms with Crippen LogP contribution in [0, 0.1) is 5.75 Å². The van der Waals surface area contributed by atoms with Gasteiger partial charge in [0.25, 0.3) is 0 Å². The number of sulfone groups is 1. The number of nitrogens with one attached hydrogen (secondary N) is 1. The Morgan fingerprint density at radius 2 is 2.33 bits per heavy atom. The van der Waals surface area contributed by atoms with Crippen LogP contribution in [0.3, 0.4) is 0 Å².